The number of carbonyl (C=O) groups excluding carboxylic acids is 1. The van der Waals surface area contributed by atoms with Crippen molar-refractivity contribution in [1.82, 2.24) is 4.90 Å². The molecule has 1 saturated heterocycles. The zero-order valence-electron chi connectivity index (χ0n) is 11.2. The normalized spacial score (nSPS) is 22.5. The lowest BCUT2D eigenvalue weighted by Crippen LogP contribution is -2.44. The molecular formula is C13H24BrNO2. The van der Waals surface area contributed by atoms with E-state index in [0.717, 1.165) is 37.8 Å². The maximum atomic E-state index is 11.7. The Morgan fingerprint density at radius 1 is 1.53 bits per heavy atom. The van der Waals surface area contributed by atoms with Gasteiger partial charge in [0.25, 0.3) is 0 Å². The average molecular weight is 306 g/mol. The van der Waals surface area contributed by atoms with Gasteiger partial charge in [0.2, 0.25) is 0 Å². The molecule has 0 amide bonds. The molecule has 1 rings (SSSR count). The van der Waals surface area contributed by atoms with E-state index < -0.39 is 0 Å². The van der Waals surface area contributed by atoms with Crippen molar-refractivity contribution in [2.24, 2.45) is 11.3 Å². The van der Waals surface area contributed by atoms with E-state index >= 15 is 0 Å². The third kappa shape index (κ3) is 4.96. The Balaban J connectivity index is 2.46. The second kappa shape index (κ2) is 6.74. The first-order valence-corrected chi connectivity index (χ1v) is 7.55. The summed E-state index contributed by atoms with van der Waals surface area (Å²) >= 11 is 3.55. The van der Waals surface area contributed by atoms with Crippen LogP contribution in [0.5, 0.6) is 0 Å². The van der Waals surface area contributed by atoms with Crippen molar-refractivity contribution in [3.05, 3.63) is 0 Å². The van der Waals surface area contributed by atoms with Gasteiger partial charge in [-0.25, -0.2) is 0 Å². The molecule has 0 spiro atoms. The second-order valence-electron chi connectivity index (χ2n) is 5.62. The molecule has 3 nitrogen and oxygen atoms in total. The highest BCUT2D eigenvalue weighted by Gasteiger charge is 2.29. The van der Waals surface area contributed by atoms with Crippen molar-refractivity contribution in [1.29, 1.82) is 0 Å². The summed E-state index contributed by atoms with van der Waals surface area (Å²) in [6.07, 6.45) is 2.08. The number of hydrogen-bond donors (Lipinski definition) is 0. The molecule has 1 aliphatic heterocycles. The SMILES string of the molecule is CCOC(=O)C1CCCN(CC(C)(C)CBr)C1. The summed E-state index contributed by atoms with van der Waals surface area (Å²) in [5.41, 5.74) is 0.260. The largest absolute Gasteiger partial charge is 0.466 e. The number of rotatable bonds is 5. The second-order valence-corrected chi connectivity index (χ2v) is 6.18. The van der Waals surface area contributed by atoms with Crippen LogP contribution in [-0.2, 0) is 9.53 Å². The number of halogens is 1. The molecule has 0 N–H and O–H groups in total. The molecule has 0 bridgehead atoms. The summed E-state index contributed by atoms with van der Waals surface area (Å²) in [6, 6.07) is 0. The number of nitrogens with zero attached hydrogens (tertiary/aromatic N) is 1. The van der Waals surface area contributed by atoms with Crippen LogP contribution < -0.4 is 0 Å². The van der Waals surface area contributed by atoms with E-state index in [0.29, 0.717) is 6.61 Å². The van der Waals surface area contributed by atoms with Gasteiger partial charge in [-0.3, -0.25) is 4.79 Å². The lowest BCUT2D eigenvalue weighted by atomic mass is 9.92. The summed E-state index contributed by atoms with van der Waals surface area (Å²) in [5, 5.41) is 0.987. The van der Waals surface area contributed by atoms with E-state index in [1.54, 1.807) is 0 Å². The summed E-state index contributed by atoms with van der Waals surface area (Å²) in [6.45, 7) is 9.84. The van der Waals surface area contributed by atoms with Crippen LogP contribution in [0.4, 0.5) is 0 Å². The molecule has 100 valence electrons. The molecule has 1 atom stereocenters. The fraction of sp³-hybridized carbons (Fsp3) is 0.923. The van der Waals surface area contributed by atoms with Gasteiger partial charge in [-0.05, 0) is 31.7 Å². The summed E-state index contributed by atoms with van der Waals surface area (Å²) < 4.78 is 5.11. The first kappa shape index (κ1) is 15.0. The third-order valence-electron chi connectivity index (χ3n) is 3.14. The van der Waals surface area contributed by atoms with Gasteiger partial charge in [0, 0.05) is 18.4 Å². The minimum Gasteiger partial charge on any atom is -0.466 e. The van der Waals surface area contributed by atoms with Gasteiger partial charge < -0.3 is 9.64 Å². The van der Waals surface area contributed by atoms with Crippen LogP contribution in [0.15, 0.2) is 0 Å². The van der Waals surface area contributed by atoms with Crippen LogP contribution in [-0.4, -0.2) is 42.4 Å². The van der Waals surface area contributed by atoms with E-state index in [9.17, 15) is 4.79 Å². The quantitative estimate of drug-likeness (QED) is 0.578. The first-order valence-electron chi connectivity index (χ1n) is 6.43. The maximum Gasteiger partial charge on any atom is 0.310 e. The fourth-order valence-corrected chi connectivity index (χ4v) is 2.48. The summed E-state index contributed by atoms with van der Waals surface area (Å²) in [5.74, 6) is 0.0590. The standard InChI is InChI=1S/C13H24BrNO2/c1-4-17-12(16)11-6-5-7-15(8-11)10-13(2,3)9-14/h11H,4-10H2,1-3H3. The molecular weight excluding hydrogens is 282 g/mol. The van der Waals surface area contributed by atoms with Crippen LogP contribution in [0.1, 0.15) is 33.6 Å². The Labute approximate surface area is 113 Å². The lowest BCUT2D eigenvalue weighted by molar-refractivity contribution is -0.150. The molecule has 1 aliphatic rings. The van der Waals surface area contributed by atoms with Crippen molar-refractivity contribution in [2.45, 2.75) is 33.6 Å². The van der Waals surface area contributed by atoms with E-state index in [2.05, 4.69) is 34.7 Å². The minimum absolute atomic E-state index is 0.0196. The van der Waals surface area contributed by atoms with Crippen molar-refractivity contribution in [3.8, 4) is 0 Å². The minimum atomic E-state index is -0.0196. The Morgan fingerprint density at radius 3 is 2.82 bits per heavy atom. The fourth-order valence-electron chi connectivity index (χ4n) is 2.30. The van der Waals surface area contributed by atoms with E-state index in [-0.39, 0.29) is 17.3 Å². The van der Waals surface area contributed by atoms with Gasteiger partial charge in [0.15, 0.2) is 0 Å². The number of hydrogen-bond acceptors (Lipinski definition) is 3. The summed E-state index contributed by atoms with van der Waals surface area (Å²) in [7, 11) is 0. The van der Waals surface area contributed by atoms with Crippen molar-refractivity contribution < 1.29 is 9.53 Å². The molecule has 0 saturated carbocycles. The highest BCUT2D eigenvalue weighted by molar-refractivity contribution is 9.09. The van der Waals surface area contributed by atoms with Crippen molar-refractivity contribution >= 4 is 21.9 Å². The molecule has 1 fully saturated rings. The zero-order chi connectivity index (χ0) is 12.9. The third-order valence-corrected chi connectivity index (χ3v) is 4.66. The van der Waals surface area contributed by atoms with Gasteiger partial charge in [-0.2, -0.15) is 0 Å². The maximum absolute atomic E-state index is 11.7. The lowest BCUT2D eigenvalue weighted by Gasteiger charge is -2.36. The number of likely N-dealkylation sites (tertiary alicyclic amines) is 1. The van der Waals surface area contributed by atoms with Gasteiger partial charge in [-0.15, -0.1) is 0 Å². The monoisotopic (exact) mass is 305 g/mol. The highest BCUT2D eigenvalue weighted by atomic mass is 79.9. The molecule has 0 aromatic heterocycles. The molecule has 1 unspecified atom stereocenters. The number of esters is 1. The van der Waals surface area contributed by atoms with Crippen LogP contribution in [0, 0.1) is 11.3 Å². The van der Waals surface area contributed by atoms with Gasteiger partial charge in [-0.1, -0.05) is 29.8 Å². The van der Waals surface area contributed by atoms with Crippen molar-refractivity contribution in [3.63, 3.8) is 0 Å². The number of carbonyl (C=O) groups is 1. The van der Waals surface area contributed by atoms with Gasteiger partial charge >= 0.3 is 5.97 Å². The van der Waals surface area contributed by atoms with E-state index in [1.165, 1.54) is 0 Å². The Bertz CT molecular complexity index is 256. The highest BCUT2D eigenvalue weighted by Crippen LogP contribution is 2.24. The van der Waals surface area contributed by atoms with Gasteiger partial charge in [0.1, 0.15) is 0 Å². The molecule has 0 aliphatic carbocycles. The summed E-state index contributed by atoms with van der Waals surface area (Å²) in [4.78, 5) is 14.1. The molecule has 4 heteroatoms. The number of ether oxygens (including phenoxy) is 1. The molecule has 1 heterocycles. The number of piperidine rings is 1. The molecule has 0 radical (unpaired) electrons. The smallest absolute Gasteiger partial charge is 0.310 e. The Kier molecular flexibility index (Phi) is 5.93. The first-order chi connectivity index (χ1) is 7.98. The van der Waals surface area contributed by atoms with Crippen LogP contribution in [0.25, 0.3) is 0 Å². The van der Waals surface area contributed by atoms with Crippen LogP contribution >= 0.6 is 15.9 Å². The number of alkyl halides is 1. The van der Waals surface area contributed by atoms with E-state index in [4.69, 9.17) is 4.74 Å². The molecule has 0 aromatic rings. The Morgan fingerprint density at radius 2 is 2.24 bits per heavy atom. The molecule has 0 aromatic carbocycles. The predicted molar refractivity (Wildman–Crippen MR) is 73.4 cm³/mol. The van der Waals surface area contributed by atoms with Gasteiger partial charge in [0.05, 0.1) is 12.5 Å². The van der Waals surface area contributed by atoms with Crippen LogP contribution in [0.3, 0.4) is 0 Å². The van der Waals surface area contributed by atoms with Crippen molar-refractivity contribution in [2.75, 3.05) is 31.6 Å². The topological polar surface area (TPSA) is 29.5 Å². The Hall–Kier alpha value is -0.0900. The van der Waals surface area contributed by atoms with E-state index in [1.807, 2.05) is 6.92 Å². The zero-order valence-corrected chi connectivity index (χ0v) is 12.8. The predicted octanol–water partition coefficient (Wildman–Crippen LogP) is 2.68. The van der Waals surface area contributed by atoms with Crippen LogP contribution in [0.2, 0.25) is 0 Å². The molecule has 17 heavy (non-hydrogen) atoms. The average Bonchev–Trinajstić information content (AvgIpc) is 2.29.